The number of amides is 2. The Hall–Kier alpha value is -2.43. The number of fused-ring (bicyclic) bond motifs is 1. The van der Waals surface area contributed by atoms with Crippen molar-refractivity contribution in [1.82, 2.24) is 5.06 Å². The summed E-state index contributed by atoms with van der Waals surface area (Å²) in [5.41, 5.74) is 0.536. The number of carbonyl (C=O) groups excluding carboxylic acids is 3. The van der Waals surface area contributed by atoms with Crippen molar-refractivity contribution in [3.8, 4) is 0 Å². The Morgan fingerprint density at radius 3 is 2.35 bits per heavy atom. The zero-order valence-corrected chi connectivity index (χ0v) is 10.7. The van der Waals surface area contributed by atoms with Crippen molar-refractivity contribution in [3.63, 3.8) is 0 Å². The van der Waals surface area contributed by atoms with Crippen molar-refractivity contribution in [3.05, 3.63) is 47.5 Å². The Bertz CT molecular complexity index is 585. The summed E-state index contributed by atoms with van der Waals surface area (Å²) in [6, 6.07) is 6.42. The van der Waals surface area contributed by atoms with Crippen LogP contribution in [0.1, 0.15) is 40.0 Å². The van der Waals surface area contributed by atoms with Gasteiger partial charge in [0, 0.05) is 0 Å². The van der Waals surface area contributed by atoms with Gasteiger partial charge in [0.05, 0.1) is 17.0 Å². The van der Waals surface area contributed by atoms with E-state index in [1.807, 2.05) is 6.08 Å². The Labute approximate surface area is 115 Å². The molecule has 1 heterocycles. The smallest absolute Gasteiger partial charge is 0.329 e. The molecule has 3 rings (SSSR count). The van der Waals surface area contributed by atoms with Crippen LogP contribution in [0, 0.1) is 5.92 Å². The van der Waals surface area contributed by atoms with E-state index >= 15 is 0 Å². The zero-order valence-electron chi connectivity index (χ0n) is 10.7. The second-order valence-electron chi connectivity index (χ2n) is 4.83. The molecular formula is C15H13NO4. The van der Waals surface area contributed by atoms with E-state index < -0.39 is 17.8 Å². The van der Waals surface area contributed by atoms with E-state index in [1.165, 1.54) is 0 Å². The van der Waals surface area contributed by atoms with Crippen LogP contribution in [-0.2, 0) is 9.63 Å². The van der Waals surface area contributed by atoms with Crippen molar-refractivity contribution >= 4 is 17.8 Å². The van der Waals surface area contributed by atoms with Crippen molar-refractivity contribution in [2.75, 3.05) is 0 Å². The lowest BCUT2D eigenvalue weighted by molar-refractivity contribution is -0.172. The van der Waals surface area contributed by atoms with Gasteiger partial charge in [0.2, 0.25) is 0 Å². The Kier molecular flexibility index (Phi) is 3.10. The normalized spacial score (nSPS) is 21.0. The fourth-order valence-corrected chi connectivity index (χ4v) is 2.42. The van der Waals surface area contributed by atoms with Gasteiger partial charge in [0.15, 0.2) is 0 Å². The molecule has 1 aromatic carbocycles. The SMILES string of the molecule is O=C(ON1C(=O)c2ccccc2C1=O)C1C=CCCC1. The molecule has 102 valence electrons. The topological polar surface area (TPSA) is 63.7 Å². The summed E-state index contributed by atoms with van der Waals surface area (Å²) in [7, 11) is 0. The number of benzene rings is 1. The molecular weight excluding hydrogens is 258 g/mol. The van der Waals surface area contributed by atoms with Crippen LogP contribution in [0.3, 0.4) is 0 Å². The maximum absolute atomic E-state index is 12.0. The first-order valence-corrected chi connectivity index (χ1v) is 6.55. The molecule has 0 fully saturated rings. The largest absolute Gasteiger partial charge is 0.340 e. The number of hydrogen-bond acceptors (Lipinski definition) is 4. The molecule has 0 radical (unpaired) electrons. The third kappa shape index (κ3) is 2.01. The lowest BCUT2D eigenvalue weighted by Gasteiger charge is -2.18. The minimum absolute atomic E-state index is 0.268. The molecule has 1 aliphatic carbocycles. The number of rotatable bonds is 2. The van der Waals surface area contributed by atoms with Gasteiger partial charge in [0.25, 0.3) is 11.8 Å². The van der Waals surface area contributed by atoms with Gasteiger partial charge < -0.3 is 4.84 Å². The van der Waals surface area contributed by atoms with Gasteiger partial charge in [-0.05, 0) is 31.4 Å². The van der Waals surface area contributed by atoms with Gasteiger partial charge in [0.1, 0.15) is 0 Å². The number of imide groups is 1. The summed E-state index contributed by atoms with van der Waals surface area (Å²) in [5, 5.41) is 0.565. The zero-order chi connectivity index (χ0) is 14.1. The van der Waals surface area contributed by atoms with E-state index in [2.05, 4.69) is 0 Å². The van der Waals surface area contributed by atoms with E-state index in [1.54, 1.807) is 30.3 Å². The molecule has 1 aliphatic heterocycles. The van der Waals surface area contributed by atoms with E-state index in [9.17, 15) is 14.4 Å². The van der Waals surface area contributed by atoms with E-state index in [4.69, 9.17) is 4.84 Å². The van der Waals surface area contributed by atoms with Crippen molar-refractivity contribution in [1.29, 1.82) is 0 Å². The van der Waals surface area contributed by atoms with Crippen molar-refractivity contribution in [2.45, 2.75) is 19.3 Å². The number of allylic oxidation sites excluding steroid dienone is 1. The highest BCUT2D eigenvalue weighted by molar-refractivity contribution is 6.20. The minimum atomic E-state index is -0.585. The third-order valence-electron chi connectivity index (χ3n) is 3.50. The molecule has 2 amide bonds. The molecule has 1 unspecified atom stereocenters. The first-order valence-electron chi connectivity index (χ1n) is 6.55. The quantitative estimate of drug-likeness (QED) is 0.610. The first-order chi connectivity index (χ1) is 9.68. The summed E-state index contributed by atoms with van der Waals surface area (Å²) in [6.07, 6.45) is 6.20. The van der Waals surface area contributed by atoms with Crippen LogP contribution >= 0.6 is 0 Å². The van der Waals surface area contributed by atoms with Crippen LogP contribution in [-0.4, -0.2) is 22.8 Å². The van der Waals surface area contributed by atoms with Crippen molar-refractivity contribution < 1.29 is 19.2 Å². The number of hydrogen-bond donors (Lipinski definition) is 0. The van der Waals surface area contributed by atoms with Gasteiger partial charge in [-0.2, -0.15) is 0 Å². The van der Waals surface area contributed by atoms with Crippen LogP contribution in [0.15, 0.2) is 36.4 Å². The van der Waals surface area contributed by atoms with Gasteiger partial charge in [-0.25, -0.2) is 4.79 Å². The van der Waals surface area contributed by atoms with Crippen molar-refractivity contribution in [2.24, 2.45) is 5.92 Å². The molecule has 0 spiro atoms. The molecule has 0 aromatic heterocycles. The number of nitrogens with zero attached hydrogens (tertiary/aromatic N) is 1. The maximum Gasteiger partial charge on any atom is 0.340 e. The highest BCUT2D eigenvalue weighted by Gasteiger charge is 2.39. The van der Waals surface area contributed by atoms with Crippen LogP contribution in [0.2, 0.25) is 0 Å². The van der Waals surface area contributed by atoms with Crippen LogP contribution in [0.5, 0.6) is 0 Å². The number of hydroxylamine groups is 2. The second kappa shape index (κ2) is 4.92. The summed E-state index contributed by atoms with van der Waals surface area (Å²) in [5.74, 6) is -2.11. The molecule has 0 saturated carbocycles. The van der Waals surface area contributed by atoms with Crippen LogP contribution < -0.4 is 0 Å². The standard InChI is InChI=1S/C15H13NO4/c17-13-11-8-4-5-9-12(11)14(18)16(13)20-15(19)10-6-2-1-3-7-10/h2,4-6,8-10H,1,3,7H2. The fraction of sp³-hybridized carbons (Fsp3) is 0.267. The summed E-state index contributed by atoms with van der Waals surface area (Å²) in [6.45, 7) is 0. The molecule has 0 saturated heterocycles. The summed E-state index contributed by atoms with van der Waals surface area (Å²) in [4.78, 5) is 41.0. The van der Waals surface area contributed by atoms with E-state index in [0.29, 0.717) is 11.5 Å². The Morgan fingerprint density at radius 2 is 1.80 bits per heavy atom. The van der Waals surface area contributed by atoms with E-state index in [-0.39, 0.29) is 17.0 Å². The molecule has 5 heteroatoms. The molecule has 1 atom stereocenters. The molecule has 2 aliphatic rings. The number of carbonyl (C=O) groups is 3. The molecule has 20 heavy (non-hydrogen) atoms. The summed E-state index contributed by atoms with van der Waals surface area (Å²) >= 11 is 0. The Balaban J connectivity index is 1.78. The predicted molar refractivity (Wildman–Crippen MR) is 69.5 cm³/mol. The lowest BCUT2D eigenvalue weighted by Crippen LogP contribution is -2.35. The first kappa shape index (κ1) is 12.6. The molecule has 1 aromatic rings. The lowest BCUT2D eigenvalue weighted by atomic mass is 9.96. The molecule has 5 nitrogen and oxygen atoms in total. The second-order valence-corrected chi connectivity index (χ2v) is 4.83. The van der Waals surface area contributed by atoms with E-state index in [0.717, 1.165) is 12.8 Å². The van der Waals surface area contributed by atoms with Crippen LogP contribution in [0.25, 0.3) is 0 Å². The fourth-order valence-electron chi connectivity index (χ4n) is 2.42. The maximum atomic E-state index is 12.0. The van der Waals surface area contributed by atoms with Gasteiger partial charge in [-0.15, -0.1) is 0 Å². The van der Waals surface area contributed by atoms with Gasteiger partial charge in [-0.1, -0.05) is 29.3 Å². The average molecular weight is 271 g/mol. The molecule has 0 bridgehead atoms. The van der Waals surface area contributed by atoms with Crippen LogP contribution in [0.4, 0.5) is 0 Å². The average Bonchev–Trinajstić information content (AvgIpc) is 2.74. The monoisotopic (exact) mass is 271 g/mol. The highest BCUT2D eigenvalue weighted by Crippen LogP contribution is 2.25. The minimum Gasteiger partial charge on any atom is -0.329 e. The van der Waals surface area contributed by atoms with Gasteiger partial charge in [-0.3, -0.25) is 9.59 Å². The Morgan fingerprint density at radius 1 is 1.15 bits per heavy atom. The highest BCUT2D eigenvalue weighted by atomic mass is 16.7. The predicted octanol–water partition coefficient (Wildman–Crippen LogP) is 2.10. The van der Waals surface area contributed by atoms with Gasteiger partial charge >= 0.3 is 5.97 Å². The third-order valence-corrected chi connectivity index (χ3v) is 3.50. The molecule has 0 N–H and O–H groups in total. The summed E-state index contributed by atoms with van der Waals surface area (Å²) < 4.78 is 0.